The van der Waals surface area contributed by atoms with Gasteiger partial charge in [-0.2, -0.15) is 11.3 Å². The van der Waals surface area contributed by atoms with Crippen LogP contribution in [0.3, 0.4) is 0 Å². The zero-order valence-corrected chi connectivity index (χ0v) is 12.9. The van der Waals surface area contributed by atoms with Gasteiger partial charge in [-0.15, -0.1) is 0 Å². The summed E-state index contributed by atoms with van der Waals surface area (Å²) in [6, 6.07) is 1.76. The molecule has 0 saturated heterocycles. The van der Waals surface area contributed by atoms with Gasteiger partial charge >= 0.3 is 0 Å². The summed E-state index contributed by atoms with van der Waals surface area (Å²) < 4.78 is 28.3. The Kier molecular flexibility index (Phi) is 4.59. The van der Waals surface area contributed by atoms with Gasteiger partial charge in [0.15, 0.2) is 5.03 Å². The molecule has 2 aromatic heterocycles. The lowest BCUT2D eigenvalue weighted by Gasteiger charge is -2.09. The Balaban J connectivity index is 2.07. The molecule has 2 rings (SSSR count). The van der Waals surface area contributed by atoms with Gasteiger partial charge in [-0.25, -0.2) is 18.1 Å². The Morgan fingerprint density at radius 3 is 2.85 bits per heavy atom. The van der Waals surface area contributed by atoms with E-state index in [9.17, 15) is 13.5 Å². The number of aliphatic hydroxyl groups is 1. The highest BCUT2D eigenvalue weighted by Gasteiger charge is 2.20. The van der Waals surface area contributed by atoms with E-state index in [0.717, 1.165) is 0 Å². The molecule has 20 heavy (non-hydrogen) atoms. The second kappa shape index (κ2) is 6.04. The van der Waals surface area contributed by atoms with Gasteiger partial charge in [-0.1, -0.05) is 0 Å². The number of rotatable bonds is 6. The average Bonchev–Trinajstić information content (AvgIpc) is 3.05. The summed E-state index contributed by atoms with van der Waals surface area (Å²) >= 11 is 1.45. The highest BCUT2D eigenvalue weighted by atomic mass is 32.2. The summed E-state index contributed by atoms with van der Waals surface area (Å²) in [4.78, 5) is 4.03. The van der Waals surface area contributed by atoms with Crippen LogP contribution < -0.4 is 4.72 Å². The normalized spacial score (nSPS) is 13.6. The second-order valence-electron chi connectivity index (χ2n) is 4.34. The van der Waals surface area contributed by atoms with Crippen LogP contribution in [0.15, 0.2) is 28.0 Å². The predicted molar refractivity (Wildman–Crippen MR) is 77.1 cm³/mol. The summed E-state index contributed by atoms with van der Waals surface area (Å²) in [6.07, 6.45) is 0.639. The van der Waals surface area contributed by atoms with Crippen molar-refractivity contribution >= 4 is 21.4 Å². The molecular formula is C12H17N3O3S2. The maximum absolute atomic E-state index is 12.1. The van der Waals surface area contributed by atoms with E-state index in [0.29, 0.717) is 17.9 Å². The average molecular weight is 315 g/mol. The lowest BCUT2D eigenvalue weighted by molar-refractivity contribution is 0.182. The van der Waals surface area contributed by atoms with Crippen molar-refractivity contribution in [2.24, 2.45) is 0 Å². The number of aliphatic hydroxyl groups excluding tert-OH is 1. The van der Waals surface area contributed by atoms with Crippen LogP contribution in [0, 0.1) is 6.92 Å². The van der Waals surface area contributed by atoms with Crippen LogP contribution in [-0.2, 0) is 16.6 Å². The second-order valence-corrected chi connectivity index (χ2v) is 6.83. The highest BCUT2D eigenvalue weighted by Crippen LogP contribution is 2.16. The Labute approximate surface area is 122 Å². The van der Waals surface area contributed by atoms with Gasteiger partial charge in [-0.3, -0.25) is 0 Å². The number of imidazole rings is 1. The minimum Gasteiger partial charge on any atom is -0.387 e. The van der Waals surface area contributed by atoms with E-state index in [1.165, 1.54) is 17.5 Å². The number of aryl methyl sites for hydroxylation is 2. The molecule has 2 aromatic rings. The van der Waals surface area contributed by atoms with Crippen molar-refractivity contribution in [2.45, 2.75) is 31.5 Å². The summed E-state index contributed by atoms with van der Waals surface area (Å²) in [5.41, 5.74) is 0.702. The molecule has 8 heteroatoms. The SMILES string of the molecule is CCn1cc(S(=O)(=O)NCC(O)c2ccsc2)nc1C. The van der Waals surface area contributed by atoms with E-state index in [-0.39, 0.29) is 11.6 Å². The molecule has 0 fully saturated rings. The van der Waals surface area contributed by atoms with E-state index < -0.39 is 16.1 Å². The minimum absolute atomic E-state index is 0.0191. The lowest BCUT2D eigenvalue weighted by atomic mass is 10.2. The molecule has 2 heterocycles. The Morgan fingerprint density at radius 2 is 2.30 bits per heavy atom. The Morgan fingerprint density at radius 1 is 1.55 bits per heavy atom. The largest absolute Gasteiger partial charge is 0.387 e. The molecule has 1 atom stereocenters. The van der Waals surface area contributed by atoms with Crippen LogP contribution in [0.25, 0.3) is 0 Å². The third kappa shape index (κ3) is 3.26. The molecule has 0 saturated carbocycles. The summed E-state index contributed by atoms with van der Waals surface area (Å²) in [5, 5.41) is 13.5. The van der Waals surface area contributed by atoms with Crippen molar-refractivity contribution in [3.8, 4) is 0 Å². The summed E-state index contributed by atoms with van der Waals surface area (Å²) in [7, 11) is -3.70. The molecule has 0 amide bonds. The molecule has 1 unspecified atom stereocenters. The number of hydrogen-bond donors (Lipinski definition) is 2. The third-order valence-electron chi connectivity index (χ3n) is 2.96. The van der Waals surface area contributed by atoms with E-state index in [1.54, 1.807) is 22.9 Å². The molecular weight excluding hydrogens is 298 g/mol. The van der Waals surface area contributed by atoms with Gasteiger partial charge in [0.1, 0.15) is 5.82 Å². The molecule has 2 N–H and O–H groups in total. The summed E-state index contributed by atoms with van der Waals surface area (Å²) in [6.45, 7) is 4.25. The smallest absolute Gasteiger partial charge is 0.259 e. The topological polar surface area (TPSA) is 84.2 Å². The van der Waals surface area contributed by atoms with Crippen molar-refractivity contribution in [1.82, 2.24) is 14.3 Å². The molecule has 0 radical (unpaired) electrons. The number of aromatic nitrogens is 2. The van der Waals surface area contributed by atoms with Crippen LogP contribution in [0.5, 0.6) is 0 Å². The quantitative estimate of drug-likeness (QED) is 0.841. The van der Waals surface area contributed by atoms with Crippen LogP contribution in [0.2, 0.25) is 0 Å². The summed E-state index contributed by atoms with van der Waals surface area (Å²) in [5.74, 6) is 0.645. The van der Waals surface area contributed by atoms with Gasteiger partial charge in [0.25, 0.3) is 10.0 Å². The van der Waals surface area contributed by atoms with Crippen molar-refractivity contribution < 1.29 is 13.5 Å². The molecule has 110 valence electrons. The van der Waals surface area contributed by atoms with Gasteiger partial charge in [0, 0.05) is 19.3 Å². The van der Waals surface area contributed by atoms with Gasteiger partial charge in [-0.05, 0) is 36.2 Å². The fraction of sp³-hybridized carbons (Fsp3) is 0.417. The molecule has 6 nitrogen and oxygen atoms in total. The van der Waals surface area contributed by atoms with Crippen molar-refractivity contribution in [3.63, 3.8) is 0 Å². The first-order chi connectivity index (χ1) is 9.44. The monoisotopic (exact) mass is 315 g/mol. The number of nitrogens with zero attached hydrogens (tertiary/aromatic N) is 2. The van der Waals surface area contributed by atoms with Crippen LogP contribution in [0.1, 0.15) is 24.4 Å². The van der Waals surface area contributed by atoms with Gasteiger partial charge in [0.2, 0.25) is 0 Å². The van der Waals surface area contributed by atoms with E-state index >= 15 is 0 Å². The van der Waals surface area contributed by atoms with Crippen LogP contribution in [-0.4, -0.2) is 29.6 Å². The maximum atomic E-state index is 12.1. The molecule has 0 bridgehead atoms. The van der Waals surface area contributed by atoms with E-state index in [4.69, 9.17) is 0 Å². The van der Waals surface area contributed by atoms with E-state index in [2.05, 4.69) is 9.71 Å². The van der Waals surface area contributed by atoms with Gasteiger partial charge in [0.05, 0.1) is 6.10 Å². The number of nitrogens with one attached hydrogen (secondary N) is 1. The molecule has 0 spiro atoms. The Bertz CT molecular complexity index is 662. The van der Waals surface area contributed by atoms with Crippen molar-refractivity contribution in [3.05, 3.63) is 34.4 Å². The maximum Gasteiger partial charge on any atom is 0.259 e. The Hall–Kier alpha value is -1.22. The third-order valence-corrected chi connectivity index (χ3v) is 4.96. The zero-order chi connectivity index (χ0) is 14.8. The van der Waals surface area contributed by atoms with Crippen LogP contribution >= 0.6 is 11.3 Å². The highest BCUT2D eigenvalue weighted by molar-refractivity contribution is 7.89. The molecule has 0 aromatic carbocycles. The lowest BCUT2D eigenvalue weighted by Crippen LogP contribution is -2.28. The number of thiophene rings is 1. The van der Waals surface area contributed by atoms with E-state index in [1.807, 2.05) is 12.3 Å². The molecule has 0 aliphatic heterocycles. The zero-order valence-electron chi connectivity index (χ0n) is 11.3. The number of sulfonamides is 1. The fourth-order valence-corrected chi connectivity index (χ4v) is 3.52. The molecule has 0 aliphatic carbocycles. The number of hydrogen-bond acceptors (Lipinski definition) is 5. The minimum atomic E-state index is -3.70. The first-order valence-corrected chi connectivity index (χ1v) is 8.60. The fourth-order valence-electron chi connectivity index (χ4n) is 1.77. The predicted octanol–water partition coefficient (Wildman–Crippen LogP) is 1.28. The first kappa shape index (κ1) is 15.2. The van der Waals surface area contributed by atoms with Gasteiger partial charge < -0.3 is 9.67 Å². The molecule has 0 aliphatic rings. The van der Waals surface area contributed by atoms with Crippen molar-refractivity contribution in [2.75, 3.05) is 6.54 Å². The first-order valence-electron chi connectivity index (χ1n) is 6.17. The van der Waals surface area contributed by atoms with Crippen molar-refractivity contribution in [1.29, 1.82) is 0 Å². The standard InChI is InChI=1S/C12H17N3O3S2/c1-3-15-7-12(14-9(15)2)20(17,18)13-6-11(16)10-4-5-19-8-10/h4-5,7-8,11,13,16H,3,6H2,1-2H3. The van der Waals surface area contributed by atoms with Crippen LogP contribution in [0.4, 0.5) is 0 Å².